The lowest BCUT2D eigenvalue weighted by molar-refractivity contribution is 0.0873. The molecule has 0 aromatic heterocycles. The summed E-state index contributed by atoms with van der Waals surface area (Å²) in [6.45, 7) is 7.16. The summed E-state index contributed by atoms with van der Waals surface area (Å²) < 4.78 is 0. The number of hydrogen-bond donors (Lipinski definition) is 1. The molecule has 15 heavy (non-hydrogen) atoms. The third-order valence-electron chi connectivity index (χ3n) is 3.69. The summed E-state index contributed by atoms with van der Waals surface area (Å²) in [5.74, 6) is 0.779. The Bertz CT molecular complexity index is 173. The molecular weight excluding hydrogens is 186 g/mol. The maximum atomic E-state index is 9.52. The summed E-state index contributed by atoms with van der Waals surface area (Å²) in [6.07, 6.45) is 6.31. The Morgan fingerprint density at radius 2 is 1.87 bits per heavy atom. The van der Waals surface area contributed by atoms with Gasteiger partial charge in [0, 0.05) is 18.6 Å². The first kappa shape index (κ1) is 13.0. The number of rotatable bonds is 6. The molecule has 2 nitrogen and oxygen atoms in total. The third-order valence-corrected chi connectivity index (χ3v) is 3.69. The van der Waals surface area contributed by atoms with Gasteiger partial charge < -0.3 is 10.0 Å². The quantitative estimate of drug-likeness (QED) is 0.733. The highest BCUT2D eigenvalue weighted by atomic mass is 16.3. The summed E-state index contributed by atoms with van der Waals surface area (Å²) >= 11 is 0. The normalized spacial score (nSPS) is 20.4. The zero-order valence-corrected chi connectivity index (χ0v) is 10.6. The van der Waals surface area contributed by atoms with Gasteiger partial charge in [0.15, 0.2) is 0 Å². The van der Waals surface area contributed by atoms with Gasteiger partial charge >= 0.3 is 0 Å². The summed E-state index contributed by atoms with van der Waals surface area (Å²) in [4.78, 5) is 2.40. The monoisotopic (exact) mass is 213 g/mol. The molecule has 0 aliphatic heterocycles. The molecule has 1 fully saturated rings. The van der Waals surface area contributed by atoms with Gasteiger partial charge in [0.1, 0.15) is 0 Å². The van der Waals surface area contributed by atoms with E-state index in [2.05, 4.69) is 25.8 Å². The lowest BCUT2D eigenvalue weighted by atomic mass is 9.86. The number of nitrogens with zero attached hydrogens (tertiary/aromatic N) is 1. The van der Waals surface area contributed by atoms with Crippen molar-refractivity contribution >= 4 is 0 Å². The van der Waals surface area contributed by atoms with Crippen molar-refractivity contribution in [2.45, 2.75) is 46.0 Å². The van der Waals surface area contributed by atoms with Crippen LogP contribution in [0.4, 0.5) is 0 Å². The van der Waals surface area contributed by atoms with Crippen molar-refractivity contribution in [2.75, 3.05) is 26.7 Å². The average Bonchev–Trinajstić information content (AvgIpc) is 2.64. The van der Waals surface area contributed by atoms with Gasteiger partial charge in [-0.2, -0.15) is 0 Å². The highest BCUT2D eigenvalue weighted by Gasteiger charge is 2.33. The molecule has 0 atom stereocenters. The van der Waals surface area contributed by atoms with Crippen molar-refractivity contribution in [2.24, 2.45) is 11.3 Å². The molecule has 1 aliphatic rings. The summed E-state index contributed by atoms with van der Waals surface area (Å²) in [7, 11) is 2.19. The Morgan fingerprint density at radius 3 is 2.33 bits per heavy atom. The van der Waals surface area contributed by atoms with Gasteiger partial charge in [0.2, 0.25) is 0 Å². The summed E-state index contributed by atoms with van der Waals surface area (Å²) in [6, 6.07) is 0. The van der Waals surface area contributed by atoms with Gasteiger partial charge in [-0.05, 0) is 38.8 Å². The molecule has 0 aromatic carbocycles. The van der Waals surface area contributed by atoms with Crippen LogP contribution in [0.3, 0.4) is 0 Å². The lowest BCUT2D eigenvalue weighted by Gasteiger charge is -2.32. The first-order chi connectivity index (χ1) is 7.08. The molecule has 0 saturated heterocycles. The molecule has 90 valence electrons. The second-order valence-corrected chi connectivity index (χ2v) is 5.79. The van der Waals surface area contributed by atoms with Crippen molar-refractivity contribution in [1.29, 1.82) is 0 Å². The van der Waals surface area contributed by atoms with Gasteiger partial charge in [-0.1, -0.05) is 26.7 Å². The number of aliphatic hydroxyl groups excluding tert-OH is 1. The van der Waals surface area contributed by atoms with Crippen LogP contribution in [0, 0.1) is 11.3 Å². The maximum Gasteiger partial charge on any atom is 0.0499 e. The van der Waals surface area contributed by atoms with E-state index in [0.29, 0.717) is 6.61 Å². The van der Waals surface area contributed by atoms with Crippen molar-refractivity contribution in [3.8, 4) is 0 Å². The Kier molecular flexibility index (Phi) is 5.07. The van der Waals surface area contributed by atoms with Crippen LogP contribution in [0.25, 0.3) is 0 Å². The fourth-order valence-corrected chi connectivity index (χ4v) is 2.62. The van der Waals surface area contributed by atoms with E-state index in [-0.39, 0.29) is 5.41 Å². The molecular formula is C13H27NO. The standard InChI is InChI=1S/C13H27NO/c1-12(2)6-9-14(3)10-13(11-15)7-4-5-8-13/h12,15H,4-11H2,1-3H3. The van der Waals surface area contributed by atoms with Crippen LogP contribution in [0.1, 0.15) is 46.0 Å². The van der Waals surface area contributed by atoms with Crippen molar-refractivity contribution < 1.29 is 5.11 Å². The van der Waals surface area contributed by atoms with Gasteiger partial charge in [-0.15, -0.1) is 0 Å². The minimum Gasteiger partial charge on any atom is -0.396 e. The zero-order chi connectivity index (χ0) is 11.3. The van der Waals surface area contributed by atoms with E-state index >= 15 is 0 Å². The van der Waals surface area contributed by atoms with Crippen LogP contribution in [0.5, 0.6) is 0 Å². The SMILES string of the molecule is CC(C)CCN(C)CC1(CO)CCCC1. The third kappa shape index (κ3) is 4.12. The molecule has 0 amide bonds. The molecule has 1 rings (SSSR count). The first-order valence-electron chi connectivity index (χ1n) is 6.37. The van der Waals surface area contributed by atoms with Crippen LogP contribution < -0.4 is 0 Å². The molecule has 0 radical (unpaired) electrons. The minimum absolute atomic E-state index is 0.228. The molecule has 1 aliphatic carbocycles. The Labute approximate surface area is 94.7 Å². The Morgan fingerprint density at radius 1 is 1.27 bits per heavy atom. The smallest absolute Gasteiger partial charge is 0.0499 e. The largest absolute Gasteiger partial charge is 0.396 e. The van der Waals surface area contributed by atoms with Crippen molar-refractivity contribution in [3.63, 3.8) is 0 Å². The highest BCUT2D eigenvalue weighted by molar-refractivity contribution is 4.86. The second-order valence-electron chi connectivity index (χ2n) is 5.79. The molecule has 0 aromatic rings. The van der Waals surface area contributed by atoms with Crippen LogP contribution in [-0.4, -0.2) is 36.8 Å². The molecule has 1 saturated carbocycles. The van der Waals surface area contributed by atoms with Gasteiger partial charge in [0.05, 0.1) is 0 Å². The van der Waals surface area contributed by atoms with E-state index in [9.17, 15) is 5.11 Å². The fraction of sp³-hybridized carbons (Fsp3) is 1.00. The van der Waals surface area contributed by atoms with Crippen molar-refractivity contribution in [1.82, 2.24) is 4.90 Å². The van der Waals surface area contributed by atoms with Crippen molar-refractivity contribution in [3.05, 3.63) is 0 Å². The van der Waals surface area contributed by atoms with E-state index in [0.717, 1.165) is 12.5 Å². The van der Waals surface area contributed by atoms with Crippen LogP contribution >= 0.6 is 0 Å². The molecule has 0 spiro atoms. The Hall–Kier alpha value is -0.0800. The Balaban J connectivity index is 2.31. The number of aliphatic hydroxyl groups is 1. The molecule has 0 heterocycles. The zero-order valence-electron chi connectivity index (χ0n) is 10.6. The van der Waals surface area contributed by atoms with E-state index < -0.39 is 0 Å². The van der Waals surface area contributed by atoms with Gasteiger partial charge in [-0.3, -0.25) is 0 Å². The molecule has 0 unspecified atom stereocenters. The predicted molar refractivity (Wildman–Crippen MR) is 64.9 cm³/mol. The fourth-order valence-electron chi connectivity index (χ4n) is 2.62. The average molecular weight is 213 g/mol. The van der Waals surface area contributed by atoms with Crippen LogP contribution in [0.2, 0.25) is 0 Å². The lowest BCUT2D eigenvalue weighted by Crippen LogP contribution is -2.37. The van der Waals surface area contributed by atoms with E-state index in [1.165, 1.54) is 38.6 Å². The topological polar surface area (TPSA) is 23.5 Å². The molecule has 2 heteroatoms. The molecule has 0 bridgehead atoms. The minimum atomic E-state index is 0.228. The van der Waals surface area contributed by atoms with Crippen LogP contribution in [-0.2, 0) is 0 Å². The van der Waals surface area contributed by atoms with E-state index in [4.69, 9.17) is 0 Å². The second kappa shape index (κ2) is 5.86. The summed E-state index contributed by atoms with van der Waals surface area (Å²) in [5.41, 5.74) is 0.228. The van der Waals surface area contributed by atoms with Gasteiger partial charge in [0.25, 0.3) is 0 Å². The maximum absolute atomic E-state index is 9.52. The first-order valence-corrected chi connectivity index (χ1v) is 6.37. The number of hydrogen-bond acceptors (Lipinski definition) is 2. The van der Waals surface area contributed by atoms with Crippen LogP contribution in [0.15, 0.2) is 0 Å². The van der Waals surface area contributed by atoms with E-state index in [1.54, 1.807) is 0 Å². The predicted octanol–water partition coefficient (Wildman–Crippen LogP) is 2.52. The molecule has 1 N–H and O–H groups in total. The van der Waals surface area contributed by atoms with Gasteiger partial charge in [-0.25, -0.2) is 0 Å². The highest BCUT2D eigenvalue weighted by Crippen LogP contribution is 2.38. The summed E-state index contributed by atoms with van der Waals surface area (Å²) in [5, 5.41) is 9.52. The van der Waals surface area contributed by atoms with E-state index in [1.807, 2.05) is 0 Å².